The molecule has 0 amide bonds. The van der Waals surface area contributed by atoms with Gasteiger partial charge in [-0.1, -0.05) is 12.2 Å². The molecule has 1 rings (SSSR count). The van der Waals surface area contributed by atoms with Crippen LogP contribution in [-0.2, 0) is 14.6 Å². The summed E-state index contributed by atoms with van der Waals surface area (Å²) < 4.78 is 0. The van der Waals surface area contributed by atoms with E-state index in [1.807, 2.05) is 20.8 Å². The summed E-state index contributed by atoms with van der Waals surface area (Å²) in [7, 11) is 0. The molecule has 0 fully saturated rings. The van der Waals surface area contributed by atoms with Crippen LogP contribution in [0.5, 0.6) is 0 Å². The summed E-state index contributed by atoms with van der Waals surface area (Å²) >= 11 is 0. The highest BCUT2D eigenvalue weighted by Crippen LogP contribution is 2.14. The Morgan fingerprint density at radius 1 is 1.38 bits per heavy atom. The summed E-state index contributed by atoms with van der Waals surface area (Å²) in [6.45, 7) is 5.57. The predicted octanol–water partition coefficient (Wildman–Crippen LogP) is 2.15. The van der Waals surface area contributed by atoms with Crippen LogP contribution in [0, 0.1) is 0 Å². The number of ketones is 1. The second-order valence-corrected chi connectivity index (χ2v) is 3.87. The normalized spacial score (nSPS) is 17.2. The Morgan fingerprint density at radius 2 is 2.08 bits per heavy atom. The average Bonchev–Trinajstić information content (AvgIpc) is 2.01. The average molecular weight is 182 g/mol. The highest BCUT2D eigenvalue weighted by Gasteiger charge is 2.18. The number of rotatable bonds is 2. The summed E-state index contributed by atoms with van der Waals surface area (Å²) in [5.41, 5.74) is -0.401. The molecule has 0 atom stereocenters. The van der Waals surface area contributed by atoms with E-state index in [1.165, 1.54) is 0 Å². The van der Waals surface area contributed by atoms with E-state index in [0.717, 1.165) is 0 Å². The lowest BCUT2D eigenvalue weighted by Crippen LogP contribution is -2.21. The summed E-state index contributed by atoms with van der Waals surface area (Å²) in [6, 6.07) is 0. The Kier molecular flexibility index (Phi) is 2.88. The van der Waals surface area contributed by atoms with Crippen molar-refractivity contribution in [3.05, 3.63) is 24.0 Å². The van der Waals surface area contributed by atoms with Crippen molar-refractivity contribution in [2.45, 2.75) is 32.8 Å². The lowest BCUT2D eigenvalue weighted by atomic mass is 10.1. The highest BCUT2D eigenvalue weighted by molar-refractivity contribution is 5.95. The Labute approximate surface area is 78.0 Å². The van der Waals surface area contributed by atoms with Crippen molar-refractivity contribution in [2.75, 3.05) is 0 Å². The standard InChI is InChI=1S/C10H14O3/c1-10(2,3)13-12-9-7-5-4-6-8(9)11/h4-5,7H,6H2,1-3H3. The quantitative estimate of drug-likeness (QED) is 0.485. The van der Waals surface area contributed by atoms with E-state index in [1.54, 1.807) is 18.2 Å². The molecule has 1 aliphatic carbocycles. The highest BCUT2D eigenvalue weighted by atomic mass is 17.2. The lowest BCUT2D eigenvalue weighted by molar-refractivity contribution is -0.319. The van der Waals surface area contributed by atoms with Gasteiger partial charge in [-0.2, -0.15) is 4.89 Å². The molecule has 0 bridgehead atoms. The van der Waals surface area contributed by atoms with E-state index in [0.29, 0.717) is 6.42 Å². The van der Waals surface area contributed by atoms with Gasteiger partial charge in [-0.25, -0.2) is 0 Å². The van der Waals surface area contributed by atoms with Crippen molar-refractivity contribution in [3.8, 4) is 0 Å². The minimum Gasteiger partial charge on any atom is -0.333 e. The topological polar surface area (TPSA) is 35.5 Å². The smallest absolute Gasteiger partial charge is 0.208 e. The zero-order chi connectivity index (χ0) is 9.90. The van der Waals surface area contributed by atoms with Crippen LogP contribution >= 0.6 is 0 Å². The van der Waals surface area contributed by atoms with Crippen molar-refractivity contribution in [3.63, 3.8) is 0 Å². The minimum atomic E-state index is -0.401. The largest absolute Gasteiger partial charge is 0.333 e. The summed E-state index contributed by atoms with van der Waals surface area (Å²) in [6.07, 6.45) is 5.56. The van der Waals surface area contributed by atoms with Crippen molar-refractivity contribution in [1.29, 1.82) is 0 Å². The fraction of sp³-hybridized carbons (Fsp3) is 0.500. The van der Waals surface area contributed by atoms with Gasteiger partial charge < -0.3 is 4.89 Å². The van der Waals surface area contributed by atoms with Crippen LogP contribution in [-0.4, -0.2) is 11.4 Å². The third-order valence-electron chi connectivity index (χ3n) is 1.34. The lowest BCUT2D eigenvalue weighted by Gasteiger charge is -2.18. The van der Waals surface area contributed by atoms with E-state index >= 15 is 0 Å². The molecule has 3 nitrogen and oxygen atoms in total. The van der Waals surface area contributed by atoms with Crippen LogP contribution in [0.2, 0.25) is 0 Å². The SMILES string of the molecule is CC(C)(C)OOC1=CC=CCC1=O. The van der Waals surface area contributed by atoms with Gasteiger partial charge in [0.2, 0.25) is 11.5 Å². The first-order valence-electron chi connectivity index (χ1n) is 4.25. The van der Waals surface area contributed by atoms with Gasteiger partial charge in [0, 0.05) is 6.42 Å². The zero-order valence-corrected chi connectivity index (χ0v) is 8.16. The maximum atomic E-state index is 11.2. The molecule has 13 heavy (non-hydrogen) atoms. The first-order chi connectivity index (χ1) is 5.99. The summed E-state index contributed by atoms with van der Waals surface area (Å²) in [5, 5.41) is 0. The van der Waals surface area contributed by atoms with Gasteiger partial charge in [0.25, 0.3) is 0 Å². The summed E-state index contributed by atoms with van der Waals surface area (Å²) in [5.74, 6) is 0.226. The molecule has 0 saturated heterocycles. The molecule has 72 valence electrons. The number of carbonyl (C=O) groups excluding carboxylic acids is 1. The van der Waals surface area contributed by atoms with Gasteiger partial charge in [-0.05, 0) is 26.8 Å². The molecule has 0 N–H and O–H groups in total. The fourth-order valence-electron chi connectivity index (χ4n) is 0.768. The van der Waals surface area contributed by atoms with E-state index in [-0.39, 0.29) is 11.5 Å². The van der Waals surface area contributed by atoms with Crippen LogP contribution in [0.15, 0.2) is 24.0 Å². The Hall–Kier alpha value is -1.09. The molecule has 0 aromatic heterocycles. The number of hydrogen-bond donors (Lipinski definition) is 0. The van der Waals surface area contributed by atoms with Crippen molar-refractivity contribution in [2.24, 2.45) is 0 Å². The number of carbonyl (C=O) groups is 1. The molecule has 0 aliphatic heterocycles. The van der Waals surface area contributed by atoms with E-state index in [2.05, 4.69) is 0 Å². The number of Topliss-reactive ketones (excluding diaryl/α,β-unsaturated/α-hetero) is 1. The maximum Gasteiger partial charge on any atom is 0.208 e. The van der Waals surface area contributed by atoms with E-state index in [4.69, 9.17) is 9.78 Å². The third-order valence-corrected chi connectivity index (χ3v) is 1.34. The van der Waals surface area contributed by atoms with Gasteiger partial charge >= 0.3 is 0 Å². The van der Waals surface area contributed by atoms with Gasteiger partial charge in [-0.15, -0.1) is 0 Å². The van der Waals surface area contributed by atoms with E-state index < -0.39 is 5.60 Å². The molecule has 0 unspecified atom stereocenters. The number of allylic oxidation sites excluding steroid dienone is 4. The predicted molar refractivity (Wildman–Crippen MR) is 48.8 cm³/mol. The molecular weight excluding hydrogens is 168 g/mol. The van der Waals surface area contributed by atoms with Gasteiger partial charge in [0.15, 0.2) is 0 Å². The monoisotopic (exact) mass is 182 g/mol. The fourth-order valence-corrected chi connectivity index (χ4v) is 0.768. The maximum absolute atomic E-state index is 11.2. The van der Waals surface area contributed by atoms with Crippen LogP contribution in [0.1, 0.15) is 27.2 Å². The molecule has 0 spiro atoms. The molecule has 0 aromatic carbocycles. The van der Waals surface area contributed by atoms with Gasteiger partial charge in [0.05, 0.1) is 0 Å². The molecule has 0 radical (unpaired) electrons. The Balaban J connectivity index is 2.49. The van der Waals surface area contributed by atoms with Crippen LogP contribution in [0.4, 0.5) is 0 Å². The second kappa shape index (κ2) is 3.75. The first-order valence-corrected chi connectivity index (χ1v) is 4.25. The second-order valence-electron chi connectivity index (χ2n) is 3.87. The zero-order valence-electron chi connectivity index (χ0n) is 8.16. The van der Waals surface area contributed by atoms with Crippen molar-refractivity contribution in [1.82, 2.24) is 0 Å². The Bertz CT molecular complexity index is 256. The van der Waals surface area contributed by atoms with Crippen LogP contribution < -0.4 is 0 Å². The van der Waals surface area contributed by atoms with Gasteiger partial charge in [0.1, 0.15) is 5.60 Å². The molecule has 0 aromatic rings. The first kappa shape index (κ1) is 9.99. The minimum absolute atomic E-state index is 0.0493. The van der Waals surface area contributed by atoms with Crippen molar-refractivity contribution >= 4 is 5.78 Å². The van der Waals surface area contributed by atoms with E-state index in [9.17, 15) is 4.79 Å². The molecule has 1 aliphatic rings. The molecule has 0 saturated carbocycles. The molecule has 3 heteroatoms. The van der Waals surface area contributed by atoms with Crippen LogP contribution in [0.25, 0.3) is 0 Å². The Morgan fingerprint density at radius 3 is 2.62 bits per heavy atom. The van der Waals surface area contributed by atoms with Gasteiger partial charge in [-0.3, -0.25) is 4.79 Å². The number of hydrogen-bond acceptors (Lipinski definition) is 3. The summed E-state index contributed by atoms with van der Waals surface area (Å²) in [4.78, 5) is 21.1. The van der Waals surface area contributed by atoms with Crippen molar-refractivity contribution < 1.29 is 14.6 Å². The van der Waals surface area contributed by atoms with Crippen LogP contribution in [0.3, 0.4) is 0 Å². The third kappa shape index (κ3) is 3.42. The molecule has 0 heterocycles. The molecular formula is C10H14O3.